The van der Waals surface area contributed by atoms with Gasteiger partial charge < -0.3 is 21.1 Å². The molecule has 0 aliphatic rings. The molecule has 0 aromatic heterocycles. The first-order chi connectivity index (χ1) is 15.9. The van der Waals surface area contributed by atoms with Crippen LogP contribution in [-0.2, 0) is 9.59 Å². The number of hydrogen-bond acceptors (Lipinski definition) is 5. The number of carbonyl (C=O) groups excluding carboxylic acids is 3. The zero-order chi connectivity index (χ0) is 23.6. The van der Waals surface area contributed by atoms with Crippen LogP contribution in [0.1, 0.15) is 15.9 Å². The molecule has 0 saturated carbocycles. The van der Waals surface area contributed by atoms with E-state index in [1.165, 1.54) is 11.8 Å². The summed E-state index contributed by atoms with van der Waals surface area (Å²) in [5.74, 6) is -0.589. The van der Waals surface area contributed by atoms with Crippen LogP contribution in [0.4, 0.5) is 5.69 Å². The lowest BCUT2D eigenvalue weighted by Gasteiger charge is -2.12. The highest BCUT2D eigenvalue weighted by atomic mass is 32.2. The van der Waals surface area contributed by atoms with Gasteiger partial charge in [-0.05, 0) is 54.1 Å². The fraction of sp³-hybridized carbons (Fsp3) is 0.0800. The van der Waals surface area contributed by atoms with E-state index in [4.69, 9.17) is 10.5 Å². The Balaban J connectivity index is 1.85. The maximum Gasteiger partial charge on any atom is 0.272 e. The van der Waals surface area contributed by atoms with Gasteiger partial charge in [-0.25, -0.2) is 0 Å². The van der Waals surface area contributed by atoms with Crippen LogP contribution in [0, 0.1) is 0 Å². The Morgan fingerprint density at radius 2 is 1.73 bits per heavy atom. The molecule has 0 unspecified atom stereocenters. The molecule has 7 nitrogen and oxygen atoms in total. The lowest BCUT2D eigenvalue weighted by atomic mass is 10.1. The molecule has 0 heterocycles. The predicted octanol–water partition coefficient (Wildman–Crippen LogP) is 3.68. The van der Waals surface area contributed by atoms with E-state index in [0.717, 1.165) is 4.90 Å². The minimum atomic E-state index is -0.501. The molecule has 33 heavy (non-hydrogen) atoms. The molecule has 168 valence electrons. The van der Waals surface area contributed by atoms with Crippen LogP contribution >= 0.6 is 11.8 Å². The van der Waals surface area contributed by atoms with Crippen molar-refractivity contribution in [3.05, 3.63) is 95.7 Å². The molecular weight excluding hydrogens is 438 g/mol. The number of carbonyl (C=O) groups is 3. The van der Waals surface area contributed by atoms with E-state index >= 15 is 0 Å². The van der Waals surface area contributed by atoms with Crippen molar-refractivity contribution >= 4 is 41.2 Å². The first kappa shape index (κ1) is 23.6. The van der Waals surface area contributed by atoms with Gasteiger partial charge in [0.2, 0.25) is 5.91 Å². The van der Waals surface area contributed by atoms with Crippen LogP contribution < -0.4 is 21.1 Å². The fourth-order valence-corrected chi connectivity index (χ4v) is 3.55. The van der Waals surface area contributed by atoms with Crippen molar-refractivity contribution in [2.75, 3.05) is 18.2 Å². The number of anilines is 1. The highest BCUT2D eigenvalue weighted by Crippen LogP contribution is 2.22. The number of nitrogens with two attached hydrogens (primary N) is 1. The third kappa shape index (κ3) is 7.26. The van der Waals surface area contributed by atoms with Gasteiger partial charge in [-0.1, -0.05) is 36.4 Å². The van der Waals surface area contributed by atoms with Gasteiger partial charge in [0.15, 0.2) is 0 Å². The minimum absolute atomic E-state index is 0.0623. The Kier molecular flexibility index (Phi) is 8.26. The molecule has 0 aliphatic heterocycles. The number of ether oxygens (including phenoxy) is 1. The van der Waals surface area contributed by atoms with Gasteiger partial charge in [0.25, 0.3) is 11.8 Å². The number of rotatable bonds is 9. The summed E-state index contributed by atoms with van der Waals surface area (Å²) in [5.41, 5.74) is 6.88. The molecule has 3 aromatic rings. The van der Waals surface area contributed by atoms with Crippen molar-refractivity contribution in [3.8, 4) is 5.75 Å². The zero-order valence-electron chi connectivity index (χ0n) is 17.9. The predicted molar refractivity (Wildman–Crippen MR) is 130 cm³/mol. The van der Waals surface area contributed by atoms with Gasteiger partial charge in [0.1, 0.15) is 11.4 Å². The molecular formula is C25H23N3O4S. The van der Waals surface area contributed by atoms with Gasteiger partial charge in [-0.3, -0.25) is 14.4 Å². The second-order valence-electron chi connectivity index (χ2n) is 6.89. The first-order valence-electron chi connectivity index (χ1n) is 9.99. The monoisotopic (exact) mass is 461 g/mol. The van der Waals surface area contributed by atoms with Crippen molar-refractivity contribution < 1.29 is 19.1 Å². The summed E-state index contributed by atoms with van der Waals surface area (Å²) in [5, 5.41) is 5.49. The molecule has 3 rings (SSSR count). The van der Waals surface area contributed by atoms with Gasteiger partial charge in [0.05, 0.1) is 12.9 Å². The number of hydrogen-bond donors (Lipinski definition) is 3. The Morgan fingerprint density at radius 1 is 0.970 bits per heavy atom. The number of benzene rings is 3. The molecule has 3 aromatic carbocycles. The number of methoxy groups -OCH3 is 1. The largest absolute Gasteiger partial charge is 0.497 e. The van der Waals surface area contributed by atoms with Crippen LogP contribution in [0.5, 0.6) is 5.75 Å². The van der Waals surface area contributed by atoms with Gasteiger partial charge in [0, 0.05) is 16.1 Å². The van der Waals surface area contributed by atoms with Gasteiger partial charge in [-0.2, -0.15) is 0 Å². The molecule has 0 fully saturated rings. The quantitative estimate of drug-likeness (QED) is 0.333. The van der Waals surface area contributed by atoms with Crippen LogP contribution in [0.15, 0.2) is 89.5 Å². The van der Waals surface area contributed by atoms with Crippen molar-refractivity contribution in [2.45, 2.75) is 4.90 Å². The molecule has 0 radical (unpaired) electrons. The molecule has 0 aliphatic carbocycles. The molecule has 0 saturated heterocycles. The Morgan fingerprint density at radius 3 is 2.45 bits per heavy atom. The molecule has 8 heteroatoms. The first-order valence-corrected chi connectivity index (χ1v) is 11.0. The van der Waals surface area contributed by atoms with E-state index in [1.807, 2.05) is 6.07 Å². The molecule has 0 spiro atoms. The maximum absolute atomic E-state index is 13.1. The maximum atomic E-state index is 13.1. The average Bonchev–Trinajstić information content (AvgIpc) is 2.83. The third-order valence-corrected chi connectivity index (χ3v) is 5.42. The lowest BCUT2D eigenvalue weighted by molar-refractivity contribution is -0.115. The van der Waals surface area contributed by atoms with Gasteiger partial charge >= 0.3 is 0 Å². The Labute approximate surface area is 196 Å². The zero-order valence-corrected chi connectivity index (χ0v) is 18.7. The van der Waals surface area contributed by atoms with Crippen LogP contribution in [0.3, 0.4) is 0 Å². The average molecular weight is 462 g/mol. The second kappa shape index (κ2) is 11.5. The van der Waals surface area contributed by atoms with Crippen molar-refractivity contribution in [1.29, 1.82) is 0 Å². The third-order valence-electron chi connectivity index (χ3n) is 4.41. The SMILES string of the molecule is COc1cccc(/C=C(/NC(=O)c2ccccc2)C(=O)Nc2cccc(SCC(N)=O)c2)c1. The summed E-state index contributed by atoms with van der Waals surface area (Å²) in [4.78, 5) is 37.6. The minimum Gasteiger partial charge on any atom is -0.497 e. The van der Waals surface area contributed by atoms with E-state index in [0.29, 0.717) is 22.6 Å². The van der Waals surface area contributed by atoms with Crippen molar-refractivity contribution in [3.63, 3.8) is 0 Å². The number of thioether (sulfide) groups is 1. The van der Waals surface area contributed by atoms with Crippen molar-refractivity contribution in [2.24, 2.45) is 5.73 Å². The van der Waals surface area contributed by atoms with E-state index in [1.54, 1.807) is 86.0 Å². The van der Waals surface area contributed by atoms with Crippen LogP contribution in [0.25, 0.3) is 6.08 Å². The molecule has 0 atom stereocenters. The summed E-state index contributed by atoms with van der Waals surface area (Å²) < 4.78 is 5.24. The second-order valence-corrected chi connectivity index (χ2v) is 7.94. The smallest absolute Gasteiger partial charge is 0.272 e. The van der Waals surface area contributed by atoms with E-state index in [-0.39, 0.29) is 11.4 Å². The Bertz CT molecular complexity index is 1180. The van der Waals surface area contributed by atoms with E-state index in [2.05, 4.69) is 10.6 Å². The number of nitrogens with one attached hydrogen (secondary N) is 2. The highest BCUT2D eigenvalue weighted by molar-refractivity contribution is 8.00. The summed E-state index contributed by atoms with van der Waals surface area (Å²) in [6.45, 7) is 0. The van der Waals surface area contributed by atoms with Crippen LogP contribution in [0.2, 0.25) is 0 Å². The van der Waals surface area contributed by atoms with Crippen molar-refractivity contribution in [1.82, 2.24) is 5.32 Å². The standard InChI is InChI=1S/C25H23N3O4S/c1-32-20-11-5-7-17(13-20)14-22(28-24(30)18-8-3-2-4-9-18)25(31)27-19-10-6-12-21(15-19)33-16-23(26)29/h2-15H,16H2,1H3,(H2,26,29)(H,27,31)(H,28,30)/b22-14+. The Hall–Kier alpha value is -4.04. The fourth-order valence-electron chi connectivity index (χ4n) is 2.86. The molecule has 3 amide bonds. The normalized spacial score (nSPS) is 10.9. The summed E-state index contributed by atoms with van der Waals surface area (Å²) in [6.07, 6.45) is 1.57. The number of amides is 3. The summed E-state index contributed by atoms with van der Waals surface area (Å²) >= 11 is 1.27. The summed E-state index contributed by atoms with van der Waals surface area (Å²) in [6, 6.07) is 22.8. The topological polar surface area (TPSA) is 111 Å². The van der Waals surface area contributed by atoms with E-state index < -0.39 is 17.7 Å². The van der Waals surface area contributed by atoms with Gasteiger partial charge in [-0.15, -0.1) is 11.8 Å². The highest BCUT2D eigenvalue weighted by Gasteiger charge is 2.15. The van der Waals surface area contributed by atoms with Crippen LogP contribution in [-0.4, -0.2) is 30.6 Å². The van der Waals surface area contributed by atoms with E-state index in [9.17, 15) is 14.4 Å². The molecule has 4 N–H and O–H groups in total. The molecule has 0 bridgehead atoms. The number of primary amides is 1. The lowest BCUT2D eigenvalue weighted by Crippen LogP contribution is -2.30. The summed E-state index contributed by atoms with van der Waals surface area (Å²) in [7, 11) is 1.55.